The monoisotopic (exact) mass is 2010 g/mol. The van der Waals surface area contributed by atoms with Gasteiger partial charge in [-0.2, -0.15) is 0 Å². The summed E-state index contributed by atoms with van der Waals surface area (Å²) in [5.41, 5.74) is 27.8. The molecule has 1 fully saturated rings. The molecule has 20 aromatic rings. The van der Waals surface area contributed by atoms with Gasteiger partial charge in [-0.15, -0.1) is 0 Å². The zero-order valence-electron chi connectivity index (χ0n) is 90.0. The van der Waals surface area contributed by atoms with Crippen molar-refractivity contribution in [1.29, 1.82) is 0 Å². The summed E-state index contributed by atoms with van der Waals surface area (Å²) >= 11 is 0. The van der Waals surface area contributed by atoms with Gasteiger partial charge in [-0.1, -0.05) is 449 Å². The van der Waals surface area contributed by atoms with Gasteiger partial charge in [0, 0.05) is 110 Å². The van der Waals surface area contributed by atoms with Gasteiger partial charge in [-0.3, -0.25) is 0 Å². The quantitative estimate of drug-likeness (QED) is 0.0558. The first-order valence-corrected chi connectivity index (χ1v) is 66.7. The highest BCUT2D eigenvalue weighted by molar-refractivity contribution is 6.91. The van der Waals surface area contributed by atoms with Gasteiger partial charge in [0.25, 0.3) is 0 Å². The number of benzene rings is 20. The predicted octanol–water partition coefficient (Wildman–Crippen LogP) is 40.2. The predicted molar refractivity (Wildman–Crippen MR) is 663 cm³/mol. The maximum Gasteiger partial charge on any atom is 0.0836 e. The lowest BCUT2D eigenvalue weighted by atomic mass is 10.0. The van der Waals surface area contributed by atoms with Crippen molar-refractivity contribution in [3.8, 4) is 11.1 Å². The van der Waals surface area contributed by atoms with Crippen LogP contribution in [0.4, 0.5) is 102 Å². The highest BCUT2D eigenvalue weighted by Gasteiger charge is 2.35. The van der Waals surface area contributed by atoms with E-state index in [-0.39, 0.29) is 0 Å². The molecule has 10 heteroatoms. The van der Waals surface area contributed by atoms with Crippen molar-refractivity contribution in [3.05, 3.63) is 538 Å². The second-order valence-corrected chi connectivity index (χ2v) is 64.2. The van der Waals surface area contributed by atoms with Crippen LogP contribution in [0, 0.1) is 20.8 Å². The Kier molecular flexibility index (Phi) is 35.9. The molecular weight excluding hydrogens is 1870 g/mol. The van der Waals surface area contributed by atoms with Gasteiger partial charge >= 0.3 is 0 Å². The Hall–Kier alpha value is -15.4. The molecule has 0 radical (unpaired) electrons. The fraction of sp³-hybridized carbons (Fsp3) is 0.165. The molecular formula is C139H146N6Si4. The van der Waals surface area contributed by atoms with Crippen LogP contribution in [0.5, 0.6) is 0 Å². The van der Waals surface area contributed by atoms with E-state index in [0.29, 0.717) is 0 Å². The molecule has 0 atom stereocenters. The van der Waals surface area contributed by atoms with Gasteiger partial charge in [0.15, 0.2) is 0 Å². The van der Waals surface area contributed by atoms with E-state index in [9.17, 15) is 0 Å². The zero-order chi connectivity index (χ0) is 104. The molecule has 20 aromatic carbocycles. The Balaban J connectivity index is 0.000000155. The molecule has 1 aliphatic rings. The first-order valence-electron chi connectivity index (χ1n) is 53.1. The summed E-state index contributed by atoms with van der Waals surface area (Å²) in [7, 11) is -3.98. The van der Waals surface area contributed by atoms with Crippen LogP contribution in [0.25, 0.3) is 32.7 Å². The van der Waals surface area contributed by atoms with Gasteiger partial charge in [-0.05, 0) is 277 Å². The van der Waals surface area contributed by atoms with Crippen molar-refractivity contribution in [3.63, 3.8) is 0 Å². The zero-order valence-corrected chi connectivity index (χ0v) is 94.0. The molecule has 0 unspecified atom stereocenters. The molecule has 149 heavy (non-hydrogen) atoms. The maximum absolute atomic E-state index is 2.55. The number of fused-ring (bicyclic) bond motifs is 2. The second-order valence-electron chi connectivity index (χ2n) is 43.1. The third-order valence-electron chi connectivity index (χ3n) is 28.3. The van der Waals surface area contributed by atoms with Crippen LogP contribution in [-0.4, -0.2) is 32.3 Å². The molecule has 0 N–H and O–H groups in total. The van der Waals surface area contributed by atoms with Crippen LogP contribution in [0.1, 0.15) is 62.6 Å². The van der Waals surface area contributed by atoms with E-state index >= 15 is 0 Å². The number of hydrogen-bond donors (Lipinski definition) is 0. The highest BCUT2D eigenvalue weighted by Crippen LogP contribution is 2.47. The Morgan fingerprint density at radius 2 is 0.416 bits per heavy atom. The fourth-order valence-electron chi connectivity index (χ4n) is 19.6. The molecule has 0 amide bonds. The van der Waals surface area contributed by atoms with Crippen molar-refractivity contribution in [2.45, 2.75) is 150 Å². The molecule has 1 aliphatic carbocycles. The number of anilines is 18. The van der Waals surface area contributed by atoms with E-state index < -0.39 is 32.3 Å². The van der Waals surface area contributed by atoms with Crippen LogP contribution in [0.3, 0.4) is 0 Å². The second kappa shape index (κ2) is 50.3. The SMILES string of the molecule is CC(C)[Si](C)(C)c1ccccc1.C[Si](C)(C)C.C[Si](C)(C)c1ccccc1.C[Si](C)(c1ccccc1)C1CCCCC1.Cc1cccc(N(c2ccccc2)c2ccc(N(c3ccc(N(c4ccccc4)c4cccc(C)c4)cc3)c3ccc(N(c4ccccc4)c4cccc(C)c4)cc3)cc2)c1.c1ccc(N(c2ccc(-c3ccc(N(c4ccccc4)c4cccc5ccccc45)cc3)cc2)c2cccc3ccccc23)cc1. The standard InChI is InChI=1S/C57H48N4.C44H32N2.C14H22Si.C11H18Si.C9H14Si.C4H12Si/c1-43-16-13-25-55(40-43)59(46-19-7-4-8-20-46)52-34-28-49(29-35-52)58(50-30-36-53(37-31-50)60(47-21-9-5-10-22-47)56-26-14-17-44(2)41-56)51-32-38-54(39-33-51)61(48-23-11-6-12-24-48)57-27-15-18-45(3)42-57;1-3-17-37(18-4-1)45(43-23-11-15-35-13-7-9-21-41(35)43)39-29-25-33(26-30-39)34-27-31-40(32-28-34)46(38-19-5-2-6-20-38)44-24-12-16-36-14-8-10-22-42(36)44;1-15(2,13-9-5-3-6-10-13)14-11-7-4-8-12-14;1-10(2)12(3,4)11-8-6-5-7-9-11;1-10(2,3)9-7-5-4-6-8-9;1-5(2,3)4/h4-42H,1-3H3;1-32H;3,5-6,9-10,14H,4,7-8,11-12H2,1-2H3;5-10H,1-4H3;4-8H,1-3H3;1-4H3. The molecule has 0 spiro atoms. The maximum atomic E-state index is 2.55. The topological polar surface area (TPSA) is 19.4 Å². The summed E-state index contributed by atoms with van der Waals surface area (Å²) in [6.07, 6.45) is 7.36. The lowest BCUT2D eigenvalue weighted by Crippen LogP contribution is -2.46. The van der Waals surface area contributed by atoms with Crippen molar-refractivity contribution < 1.29 is 0 Å². The lowest BCUT2D eigenvalue weighted by Gasteiger charge is -2.35. The minimum Gasteiger partial charge on any atom is -0.310 e. The molecule has 0 aliphatic heterocycles. The molecule has 21 rings (SSSR count). The summed E-state index contributed by atoms with van der Waals surface area (Å²) in [4.78, 5) is 14.0. The number of rotatable bonds is 24. The lowest BCUT2D eigenvalue weighted by molar-refractivity contribution is 0.494. The van der Waals surface area contributed by atoms with Crippen molar-refractivity contribution in [1.82, 2.24) is 0 Å². The Morgan fingerprint density at radius 3 is 0.691 bits per heavy atom. The van der Waals surface area contributed by atoms with Gasteiger partial charge in [0.05, 0.1) is 35.6 Å². The minimum absolute atomic E-state index is 0.611. The first-order chi connectivity index (χ1) is 72.2. The smallest absolute Gasteiger partial charge is 0.0836 e. The Bertz CT molecular complexity index is 7040. The van der Waals surface area contributed by atoms with Gasteiger partial charge in [-0.25, -0.2) is 0 Å². The third-order valence-corrected chi connectivity index (χ3v) is 39.5. The number of aryl methyl sites for hydroxylation is 3. The van der Waals surface area contributed by atoms with E-state index in [0.717, 1.165) is 113 Å². The molecule has 0 aromatic heterocycles. The van der Waals surface area contributed by atoms with Crippen LogP contribution in [0.15, 0.2) is 522 Å². The normalized spacial score (nSPS) is 11.9. The average Bonchev–Trinajstić information content (AvgIpc) is 0.772. The van der Waals surface area contributed by atoms with Gasteiger partial charge < -0.3 is 29.4 Å². The molecule has 0 saturated heterocycles. The van der Waals surface area contributed by atoms with E-state index in [1.807, 2.05) is 0 Å². The summed E-state index contributed by atoms with van der Waals surface area (Å²) in [6, 6.07) is 187. The van der Waals surface area contributed by atoms with Crippen LogP contribution >= 0.6 is 0 Å². The number of nitrogens with zero attached hydrogens (tertiary/aromatic N) is 6. The van der Waals surface area contributed by atoms with Gasteiger partial charge in [0.1, 0.15) is 0 Å². The summed E-state index contributed by atoms with van der Waals surface area (Å²) in [6.45, 7) is 37.5. The van der Waals surface area contributed by atoms with Crippen molar-refractivity contribution >= 4 is 172 Å². The van der Waals surface area contributed by atoms with E-state index in [1.54, 1.807) is 10.4 Å². The van der Waals surface area contributed by atoms with Crippen molar-refractivity contribution in [2.24, 2.45) is 0 Å². The van der Waals surface area contributed by atoms with Crippen molar-refractivity contribution in [2.75, 3.05) is 29.4 Å². The highest BCUT2D eigenvalue weighted by atomic mass is 28.3. The van der Waals surface area contributed by atoms with E-state index in [4.69, 9.17) is 0 Å². The van der Waals surface area contributed by atoms with E-state index in [1.165, 1.54) is 86.7 Å². The summed E-state index contributed by atoms with van der Waals surface area (Å²) < 4.78 is 0. The third kappa shape index (κ3) is 27.9. The van der Waals surface area contributed by atoms with Gasteiger partial charge in [0.2, 0.25) is 0 Å². The summed E-state index contributed by atoms with van der Waals surface area (Å²) in [5.74, 6) is 0. The van der Waals surface area contributed by atoms with Crippen LogP contribution in [-0.2, 0) is 0 Å². The fourth-order valence-corrected chi connectivity index (χ4v) is 25.8. The summed E-state index contributed by atoms with van der Waals surface area (Å²) in [5, 5.41) is 9.66. The number of hydrogen-bond acceptors (Lipinski definition) is 6. The first kappa shape index (κ1) is 106. The average molecular weight is 2010 g/mol. The molecule has 748 valence electrons. The molecule has 0 bridgehead atoms. The van der Waals surface area contributed by atoms with Crippen LogP contribution in [0.2, 0.25) is 83.1 Å². The Labute approximate surface area is 893 Å². The van der Waals surface area contributed by atoms with Crippen LogP contribution < -0.4 is 45.0 Å². The molecule has 0 heterocycles. The molecule has 6 nitrogen and oxygen atoms in total. The van der Waals surface area contributed by atoms with E-state index in [2.05, 4.69) is 658 Å². The molecule has 1 saturated carbocycles. The Morgan fingerprint density at radius 1 is 0.201 bits per heavy atom. The minimum atomic E-state index is -1.18. The largest absolute Gasteiger partial charge is 0.310 e. The number of para-hydroxylation sites is 5.